The van der Waals surface area contributed by atoms with Crippen molar-refractivity contribution < 1.29 is 9.32 Å². The van der Waals surface area contributed by atoms with Crippen LogP contribution in [0.1, 0.15) is 33.0 Å². The Morgan fingerprint density at radius 2 is 2.25 bits per heavy atom. The van der Waals surface area contributed by atoms with E-state index in [4.69, 9.17) is 0 Å². The topological polar surface area (TPSA) is 80.0 Å². The third kappa shape index (κ3) is 5.45. The number of hydrogen-bond acceptors (Lipinski definition) is 5. The molecule has 0 fully saturated rings. The van der Waals surface area contributed by atoms with Crippen molar-refractivity contribution in [3.63, 3.8) is 0 Å². The molecule has 0 aliphatic heterocycles. The molecule has 16 heavy (non-hydrogen) atoms. The second kappa shape index (κ2) is 5.60. The van der Waals surface area contributed by atoms with Crippen molar-refractivity contribution in [3.8, 4) is 0 Å². The van der Waals surface area contributed by atoms with Gasteiger partial charge in [0, 0.05) is 18.5 Å². The molecule has 1 amide bonds. The summed E-state index contributed by atoms with van der Waals surface area (Å²) in [4.78, 5) is 15.2. The zero-order chi connectivity index (χ0) is 12.0. The Bertz CT molecular complexity index is 316. The second-order valence-corrected chi connectivity index (χ2v) is 4.55. The molecule has 2 N–H and O–H groups in total. The van der Waals surface area contributed by atoms with E-state index in [-0.39, 0.29) is 11.4 Å². The summed E-state index contributed by atoms with van der Waals surface area (Å²) in [6.07, 6.45) is 1.68. The quantitative estimate of drug-likeness (QED) is 0.762. The Morgan fingerprint density at radius 1 is 1.50 bits per heavy atom. The zero-order valence-corrected chi connectivity index (χ0v) is 9.91. The summed E-state index contributed by atoms with van der Waals surface area (Å²) in [5.74, 6) is 0.457. The summed E-state index contributed by atoms with van der Waals surface area (Å²) in [7, 11) is 0. The summed E-state index contributed by atoms with van der Waals surface area (Å²) < 4.78 is 4.55. The highest BCUT2D eigenvalue weighted by Crippen LogP contribution is 1.97. The van der Waals surface area contributed by atoms with E-state index >= 15 is 0 Å². The van der Waals surface area contributed by atoms with Crippen molar-refractivity contribution in [1.82, 2.24) is 20.8 Å². The van der Waals surface area contributed by atoms with Crippen LogP contribution in [0, 0.1) is 0 Å². The summed E-state index contributed by atoms with van der Waals surface area (Å²) in [6, 6.07) is 0. The van der Waals surface area contributed by atoms with Gasteiger partial charge in [-0.3, -0.25) is 4.79 Å². The minimum Gasteiger partial charge on any atom is -0.349 e. The Hall–Kier alpha value is -1.43. The monoisotopic (exact) mass is 226 g/mol. The molecule has 90 valence electrons. The van der Waals surface area contributed by atoms with Crippen molar-refractivity contribution in [1.29, 1.82) is 0 Å². The van der Waals surface area contributed by atoms with Crippen LogP contribution in [0.4, 0.5) is 0 Å². The Kier molecular flexibility index (Phi) is 4.42. The first kappa shape index (κ1) is 12.6. The highest BCUT2D eigenvalue weighted by Gasteiger charge is 2.09. The largest absolute Gasteiger partial charge is 0.349 e. The van der Waals surface area contributed by atoms with Crippen molar-refractivity contribution in [2.24, 2.45) is 0 Å². The second-order valence-electron chi connectivity index (χ2n) is 4.55. The predicted octanol–water partition coefficient (Wildman–Crippen LogP) is 0.464. The molecule has 0 atom stereocenters. The van der Waals surface area contributed by atoms with Gasteiger partial charge >= 0.3 is 0 Å². The fourth-order valence-corrected chi connectivity index (χ4v) is 1.09. The fraction of sp³-hybridized carbons (Fsp3) is 0.700. The fourth-order valence-electron chi connectivity index (χ4n) is 1.09. The summed E-state index contributed by atoms with van der Waals surface area (Å²) in [5, 5.41) is 9.53. The molecular formula is C10H18N4O2. The van der Waals surface area contributed by atoms with Crippen LogP contribution in [0.25, 0.3) is 0 Å². The van der Waals surface area contributed by atoms with Gasteiger partial charge in [0.25, 0.3) is 0 Å². The number of aromatic nitrogens is 2. The molecule has 0 saturated carbocycles. The van der Waals surface area contributed by atoms with E-state index in [1.54, 1.807) is 0 Å². The molecule has 0 unspecified atom stereocenters. The highest BCUT2D eigenvalue weighted by molar-refractivity contribution is 5.75. The molecule has 0 aliphatic rings. The lowest BCUT2D eigenvalue weighted by molar-refractivity contribution is -0.121. The lowest BCUT2D eigenvalue weighted by Crippen LogP contribution is -2.38. The van der Waals surface area contributed by atoms with Crippen LogP contribution in [0.15, 0.2) is 10.9 Å². The number of nitrogens with one attached hydrogen (secondary N) is 2. The van der Waals surface area contributed by atoms with Crippen LogP contribution < -0.4 is 10.6 Å². The molecule has 0 saturated heterocycles. The molecular weight excluding hydrogens is 208 g/mol. The van der Waals surface area contributed by atoms with Crippen molar-refractivity contribution in [2.75, 3.05) is 6.54 Å². The van der Waals surface area contributed by atoms with Crippen LogP contribution in [-0.4, -0.2) is 28.1 Å². The van der Waals surface area contributed by atoms with Crippen molar-refractivity contribution >= 4 is 5.91 Å². The molecule has 6 nitrogen and oxygen atoms in total. The maximum Gasteiger partial charge on any atom is 0.221 e. The van der Waals surface area contributed by atoms with Gasteiger partial charge in [-0.1, -0.05) is 5.16 Å². The molecule has 0 radical (unpaired) electrons. The molecule has 1 rings (SSSR count). The first-order valence-electron chi connectivity index (χ1n) is 5.24. The van der Waals surface area contributed by atoms with Crippen LogP contribution in [0.5, 0.6) is 0 Å². The van der Waals surface area contributed by atoms with Gasteiger partial charge in [0.2, 0.25) is 12.3 Å². The molecule has 0 aromatic carbocycles. The van der Waals surface area contributed by atoms with Gasteiger partial charge in [-0.15, -0.1) is 0 Å². The van der Waals surface area contributed by atoms with Gasteiger partial charge in [-0.2, -0.15) is 4.98 Å². The SMILES string of the molecule is CC(C)(C)NCCC(=O)NCc1ncon1. The van der Waals surface area contributed by atoms with E-state index in [2.05, 4.69) is 46.1 Å². The third-order valence-corrected chi connectivity index (χ3v) is 1.86. The van der Waals surface area contributed by atoms with Gasteiger partial charge in [0.1, 0.15) is 0 Å². The van der Waals surface area contributed by atoms with E-state index in [0.29, 0.717) is 25.3 Å². The minimum atomic E-state index is -0.0263. The van der Waals surface area contributed by atoms with Gasteiger partial charge in [0.05, 0.1) is 6.54 Å². The van der Waals surface area contributed by atoms with Gasteiger partial charge in [-0.05, 0) is 20.8 Å². The van der Waals surface area contributed by atoms with Crippen molar-refractivity contribution in [2.45, 2.75) is 39.3 Å². The first-order chi connectivity index (χ1) is 7.47. The number of carbonyl (C=O) groups is 1. The number of rotatable bonds is 5. The van der Waals surface area contributed by atoms with Gasteiger partial charge in [-0.25, -0.2) is 0 Å². The average molecular weight is 226 g/mol. The average Bonchev–Trinajstić information content (AvgIpc) is 2.65. The van der Waals surface area contributed by atoms with E-state index in [1.165, 1.54) is 6.39 Å². The standard InChI is InChI=1S/C10H18N4O2/c1-10(2,3)13-5-4-9(15)11-6-8-12-7-16-14-8/h7,13H,4-6H2,1-3H3,(H,11,15). The summed E-state index contributed by atoms with van der Waals surface area (Å²) in [5.41, 5.74) is 0.0357. The molecule has 1 aromatic rings. The Morgan fingerprint density at radius 3 is 2.81 bits per heavy atom. The minimum absolute atomic E-state index is 0.0263. The zero-order valence-electron chi connectivity index (χ0n) is 9.91. The molecule has 6 heteroatoms. The maximum atomic E-state index is 11.4. The lowest BCUT2D eigenvalue weighted by atomic mass is 10.1. The normalized spacial score (nSPS) is 11.4. The van der Waals surface area contributed by atoms with Crippen LogP contribution in [-0.2, 0) is 11.3 Å². The number of hydrogen-bond donors (Lipinski definition) is 2. The number of amides is 1. The molecule has 0 spiro atoms. The molecule has 1 aromatic heterocycles. The van der Waals surface area contributed by atoms with Gasteiger partial charge < -0.3 is 15.2 Å². The van der Waals surface area contributed by atoms with Crippen LogP contribution >= 0.6 is 0 Å². The first-order valence-corrected chi connectivity index (χ1v) is 5.24. The van der Waals surface area contributed by atoms with E-state index in [9.17, 15) is 4.79 Å². The van der Waals surface area contributed by atoms with Crippen LogP contribution in [0.2, 0.25) is 0 Å². The maximum absolute atomic E-state index is 11.4. The van der Waals surface area contributed by atoms with Crippen LogP contribution in [0.3, 0.4) is 0 Å². The van der Waals surface area contributed by atoms with Gasteiger partial charge in [0.15, 0.2) is 5.82 Å². The number of carbonyl (C=O) groups excluding carboxylic acids is 1. The van der Waals surface area contributed by atoms with E-state index in [1.807, 2.05) is 0 Å². The van der Waals surface area contributed by atoms with Crippen molar-refractivity contribution in [3.05, 3.63) is 12.2 Å². The third-order valence-electron chi connectivity index (χ3n) is 1.86. The van der Waals surface area contributed by atoms with E-state index in [0.717, 1.165) is 0 Å². The smallest absolute Gasteiger partial charge is 0.221 e. The lowest BCUT2D eigenvalue weighted by Gasteiger charge is -2.20. The molecule has 0 aliphatic carbocycles. The number of nitrogens with zero attached hydrogens (tertiary/aromatic N) is 2. The summed E-state index contributed by atoms with van der Waals surface area (Å²) >= 11 is 0. The predicted molar refractivity (Wildman–Crippen MR) is 58.5 cm³/mol. The highest BCUT2D eigenvalue weighted by atomic mass is 16.5. The Balaban J connectivity index is 2.12. The Labute approximate surface area is 94.8 Å². The van der Waals surface area contributed by atoms with E-state index < -0.39 is 0 Å². The summed E-state index contributed by atoms with van der Waals surface area (Å²) in [6.45, 7) is 7.14. The molecule has 0 bridgehead atoms. The molecule has 1 heterocycles.